The summed E-state index contributed by atoms with van der Waals surface area (Å²) in [5.74, 6) is 8.77. The Morgan fingerprint density at radius 1 is 1.04 bits per heavy atom. The van der Waals surface area contributed by atoms with Crippen molar-refractivity contribution < 1.29 is 14.4 Å². The second-order valence-electron chi connectivity index (χ2n) is 5.46. The molecule has 138 valence electrons. The zero-order valence-electron chi connectivity index (χ0n) is 14.0. The Hall–Kier alpha value is -3.34. The maximum atomic E-state index is 12.8. The summed E-state index contributed by atoms with van der Waals surface area (Å²) in [5.41, 5.74) is 4.45. The molecule has 2 amide bonds. The predicted octanol–water partition coefficient (Wildman–Crippen LogP) is 0.0818. The topological polar surface area (TPSA) is 143 Å². The smallest absolute Gasteiger partial charge is 0.263 e. The van der Waals surface area contributed by atoms with E-state index in [1.165, 1.54) is 22.4 Å². The molecule has 10 heteroatoms. The molecule has 3 rings (SSSR count). The lowest BCUT2D eigenvalue weighted by atomic mass is 9.99. The zero-order valence-corrected chi connectivity index (χ0v) is 14.8. The number of nitrogens with two attached hydrogens (primary N) is 2. The second kappa shape index (κ2) is 7.91. The highest BCUT2D eigenvalue weighted by Crippen LogP contribution is 2.26. The lowest BCUT2D eigenvalue weighted by molar-refractivity contribution is -0.124. The van der Waals surface area contributed by atoms with Gasteiger partial charge in [-0.25, -0.2) is 16.7 Å². The summed E-state index contributed by atoms with van der Waals surface area (Å²) in [7, 11) is 0. The summed E-state index contributed by atoms with van der Waals surface area (Å²) >= 11 is 1.25. The number of ketones is 1. The SMILES string of the molecule is NNC(=O)C1=CC(C(=O)c2cccs2)=NN(c2ccccc2)C1C(=O)NN. The molecular weight excluding hydrogens is 368 g/mol. The van der Waals surface area contributed by atoms with Gasteiger partial charge >= 0.3 is 0 Å². The van der Waals surface area contributed by atoms with Gasteiger partial charge in [0.05, 0.1) is 16.1 Å². The molecule has 1 unspecified atom stereocenters. The number of carbonyl (C=O) groups excluding carboxylic acids is 3. The lowest BCUT2D eigenvalue weighted by Gasteiger charge is -2.32. The highest BCUT2D eigenvalue weighted by atomic mass is 32.1. The fourth-order valence-corrected chi connectivity index (χ4v) is 3.27. The van der Waals surface area contributed by atoms with Crippen molar-refractivity contribution in [2.24, 2.45) is 16.8 Å². The predicted molar refractivity (Wildman–Crippen MR) is 102 cm³/mol. The average molecular weight is 384 g/mol. The van der Waals surface area contributed by atoms with Gasteiger partial charge in [-0.05, 0) is 29.7 Å². The van der Waals surface area contributed by atoms with Gasteiger partial charge in [-0.1, -0.05) is 24.3 Å². The molecule has 1 atom stereocenters. The number of hydrogen-bond donors (Lipinski definition) is 4. The number of allylic oxidation sites excluding steroid dienone is 1. The standard InChI is InChI=1S/C17H16N6O3S/c18-20-16(25)11-9-12(15(24)13-7-4-8-27-13)22-23(14(11)17(26)21-19)10-5-2-1-3-6-10/h1-9,14H,18-19H2,(H,20,25)(H,21,26). The van der Waals surface area contributed by atoms with E-state index in [9.17, 15) is 14.4 Å². The first-order chi connectivity index (χ1) is 13.1. The minimum atomic E-state index is -1.19. The number of carbonyl (C=O) groups is 3. The first kappa shape index (κ1) is 18.5. The molecule has 27 heavy (non-hydrogen) atoms. The molecule has 2 aromatic rings. The first-order valence-electron chi connectivity index (χ1n) is 7.81. The maximum absolute atomic E-state index is 12.8. The fourth-order valence-electron chi connectivity index (χ4n) is 2.60. The van der Waals surface area contributed by atoms with Crippen molar-refractivity contribution >= 4 is 40.3 Å². The fraction of sp³-hybridized carbons (Fsp3) is 0.0588. The monoisotopic (exact) mass is 384 g/mol. The number of thiophene rings is 1. The van der Waals surface area contributed by atoms with Crippen LogP contribution in [0.1, 0.15) is 9.67 Å². The summed E-state index contributed by atoms with van der Waals surface area (Å²) in [6.07, 6.45) is 1.25. The van der Waals surface area contributed by atoms with Crippen LogP contribution < -0.4 is 27.5 Å². The Morgan fingerprint density at radius 2 is 1.78 bits per heavy atom. The van der Waals surface area contributed by atoms with Gasteiger partial charge in [-0.3, -0.25) is 25.2 Å². The number of benzene rings is 1. The van der Waals surface area contributed by atoms with Crippen LogP contribution in [0.5, 0.6) is 0 Å². The Labute approximate surface area is 158 Å². The number of anilines is 1. The number of Topliss-reactive ketones (excluding diaryl/α,β-unsaturated/α-hetero) is 1. The van der Waals surface area contributed by atoms with E-state index in [4.69, 9.17) is 11.7 Å². The molecule has 9 nitrogen and oxygen atoms in total. The van der Waals surface area contributed by atoms with E-state index in [0.29, 0.717) is 10.6 Å². The van der Waals surface area contributed by atoms with Gasteiger partial charge in [-0.15, -0.1) is 11.3 Å². The van der Waals surface area contributed by atoms with Crippen LogP contribution in [0.3, 0.4) is 0 Å². The van der Waals surface area contributed by atoms with Crippen molar-refractivity contribution in [2.75, 3.05) is 5.01 Å². The van der Waals surface area contributed by atoms with Crippen molar-refractivity contribution in [3.63, 3.8) is 0 Å². The number of nitrogens with zero attached hydrogens (tertiary/aromatic N) is 2. The van der Waals surface area contributed by atoms with E-state index in [2.05, 4.69) is 5.10 Å². The maximum Gasteiger partial charge on any atom is 0.263 e. The zero-order chi connectivity index (χ0) is 19.4. The average Bonchev–Trinajstić information content (AvgIpc) is 3.26. The molecular formula is C17H16N6O3S. The summed E-state index contributed by atoms with van der Waals surface area (Å²) in [4.78, 5) is 37.9. The van der Waals surface area contributed by atoms with Crippen molar-refractivity contribution in [1.29, 1.82) is 0 Å². The normalized spacial score (nSPS) is 16.2. The number of hydrogen-bond acceptors (Lipinski definition) is 8. The van der Waals surface area contributed by atoms with E-state index in [1.807, 2.05) is 10.9 Å². The van der Waals surface area contributed by atoms with Crippen LogP contribution in [0.15, 0.2) is 64.6 Å². The Bertz CT molecular complexity index is 923. The lowest BCUT2D eigenvalue weighted by Crippen LogP contribution is -2.53. The van der Waals surface area contributed by atoms with Crippen LogP contribution >= 0.6 is 11.3 Å². The van der Waals surface area contributed by atoms with Crippen molar-refractivity contribution in [1.82, 2.24) is 10.9 Å². The molecule has 1 aromatic heterocycles. The van der Waals surface area contributed by atoms with Gasteiger partial charge < -0.3 is 0 Å². The molecule has 0 saturated heterocycles. The third kappa shape index (κ3) is 3.62. The molecule has 0 aliphatic carbocycles. The van der Waals surface area contributed by atoms with Gasteiger partial charge in [0.1, 0.15) is 5.71 Å². The molecule has 6 N–H and O–H groups in total. The molecule has 0 saturated carbocycles. The van der Waals surface area contributed by atoms with E-state index in [0.717, 1.165) is 0 Å². The van der Waals surface area contributed by atoms with E-state index in [1.54, 1.807) is 47.8 Å². The third-order valence-corrected chi connectivity index (χ3v) is 4.70. The largest absolute Gasteiger partial charge is 0.292 e. The van der Waals surface area contributed by atoms with Crippen molar-refractivity contribution in [2.45, 2.75) is 6.04 Å². The van der Waals surface area contributed by atoms with Crippen LogP contribution in [-0.4, -0.2) is 29.4 Å². The minimum absolute atomic E-state index is 0.000902. The molecule has 2 heterocycles. The molecule has 1 aliphatic rings. The second-order valence-corrected chi connectivity index (χ2v) is 6.40. The van der Waals surface area contributed by atoms with Gasteiger partial charge in [0.25, 0.3) is 11.8 Å². The summed E-state index contributed by atoms with van der Waals surface area (Å²) in [6, 6.07) is 10.8. The van der Waals surface area contributed by atoms with Crippen LogP contribution in [0, 0.1) is 0 Å². The van der Waals surface area contributed by atoms with Crippen LogP contribution in [0.25, 0.3) is 0 Å². The molecule has 1 aromatic carbocycles. The van der Waals surface area contributed by atoms with Gasteiger partial charge in [0, 0.05) is 0 Å². The molecule has 0 bridgehead atoms. The number of para-hydroxylation sites is 1. The van der Waals surface area contributed by atoms with E-state index in [-0.39, 0.29) is 17.1 Å². The Morgan fingerprint density at radius 3 is 2.37 bits per heavy atom. The summed E-state index contributed by atoms with van der Waals surface area (Å²) in [6.45, 7) is 0. The van der Waals surface area contributed by atoms with Gasteiger partial charge in [0.15, 0.2) is 6.04 Å². The number of hydrazone groups is 1. The van der Waals surface area contributed by atoms with Crippen LogP contribution in [0.2, 0.25) is 0 Å². The first-order valence-corrected chi connectivity index (χ1v) is 8.69. The molecule has 0 radical (unpaired) electrons. The van der Waals surface area contributed by atoms with Gasteiger partial charge in [0.2, 0.25) is 5.78 Å². The summed E-state index contributed by atoms with van der Waals surface area (Å²) in [5, 5.41) is 7.35. The molecule has 0 spiro atoms. The van der Waals surface area contributed by atoms with E-state index >= 15 is 0 Å². The minimum Gasteiger partial charge on any atom is -0.292 e. The number of amides is 2. The number of hydrazine groups is 2. The van der Waals surface area contributed by atoms with Gasteiger partial charge in [-0.2, -0.15) is 5.10 Å². The molecule has 1 aliphatic heterocycles. The number of rotatable bonds is 5. The Balaban J connectivity index is 2.14. The number of nitrogens with one attached hydrogen (secondary N) is 2. The Kier molecular flexibility index (Phi) is 5.41. The van der Waals surface area contributed by atoms with Crippen molar-refractivity contribution in [3.8, 4) is 0 Å². The van der Waals surface area contributed by atoms with Crippen LogP contribution in [-0.2, 0) is 9.59 Å². The van der Waals surface area contributed by atoms with Crippen molar-refractivity contribution in [3.05, 3.63) is 64.4 Å². The highest BCUT2D eigenvalue weighted by molar-refractivity contribution is 7.13. The van der Waals surface area contributed by atoms with Crippen LogP contribution in [0.4, 0.5) is 5.69 Å². The summed E-state index contributed by atoms with van der Waals surface area (Å²) < 4.78 is 0. The third-order valence-electron chi connectivity index (χ3n) is 3.83. The highest BCUT2D eigenvalue weighted by Gasteiger charge is 2.38. The molecule has 0 fully saturated rings. The van der Waals surface area contributed by atoms with E-state index < -0.39 is 17.9 Å². The quantitative estimate of drug-likeness (QED) is 0.249.